The molecule has 0 saturated heterocycles. The third-order valence-electron chi connectivity index (χ3n) is 11.9. The van der Waals surface area contributed by atoms with Gasteiger partial charge in [0.25, 0.3) is 10.1 Å². The van der Waals surface area contributed by atoms with Gasteiger partial charge in [-0.2, -0.15) is 13.0 Å². The van der Waals surface area contributed by atoms with Crippen molar-refractivity contribution >= 4 is 61.7 Å². The predicted octanol–water partition coefficient (Wildman–Crippen LogP) is 13.5. The van der Waals surface area contributed by atoms with Gasteiger partial charge in [0.05, 0.1) is 11.8 Å². The van der Waals surface area contributed by atoms with Gasteiger partial charge in [-0.1, -0.05) is 119 Å². The molecular formula is C55H55N2O4S3+. The van der Waals surface area contributed by atoms with E-state index in [1.165, 1.54) is 49.5 Å². The summed E-state index contributed by atoms with van der Waals surface area (Å²) >= 11 is 3.67. The highest BCUT2D eigenvalue weighted by atomic mass is 32.2. The smallest absolute Gasteiger partial charge is 0.295 e. The number of nitrogens with zero attached hydrogens (tertiary/aromatic N) is 2. The molecular weight excluding hydrogens is 849 g/mol. The predicted molar refractivity (Wildman–Crippen MR) is 270 cm³/mol. The molecule has 0 saturated carbocycles. The second-order valence-corrected chi connectivity index (χ2v) is 19.4. The second kappa shape index (κ2) is 20.5. The van der Waals surface area contributed by atoms with Crippen molar-refractivity contribution in [2.24, 2.45) is 0 Å². The number of hydrogen-bond acceptors (Lipinski definition) is 6. The largest absolute Gasteiger partial charge is 0.456 e. The van der Waals surface area contributed by atoms with Crippen LogP contribution in [0.4, 0.5) is 17.1 Å². The number of para-hydroxylation sites is 2. The van der Waals surface area contributed by atoms with Crippen molar-refractivity contribution in [1.29, 1.82) is 0 Å². The van der Waals surface area contributed by atoms with E-state index in [1.807, 2.05) is 53.9 Å². The van der Waals surface area contributed by atoms with E-state index < -0.39 is 10.1 Å². The Morgan fingerprint density at radius 1 is 0.594 bits per heavy atom. The van der Waals surface area contributed by atoms with Crippen LogP contribution in [0.15, 0.2) is 177 Å². The van der Waals surface area contributed by atoms with Gasteiger partial charge in [-0.25, -0.2) is 0 Å². The lowest BCUT2D eigenvalue weighted by atomic mass is 9.93. The zero-order valence-corrected chi connectivity index (χ0v) is 39.4. The van der Waals surface area contributed by atoms with Crippen LogP contribution in [0.1, 0.15) is 49.9 Å². The maximum Gasteiger partial charge on any atom is 0.295 e. The Morgan fingerprint density at radius 2 is 1.17 bits per heavy atom. The van der Waals surface area contributed by atoms with E-state index in [0.29, 0.717) is 22.5 Å². The van der Waals surface area contributed by atoms with Crippen molar-refractivity contribution in [2.75, 3.05) is 29.5 Å². The molecule has 6 aromatic rings. The lowest BCUT2D eigenvalue weighted by molar-refractivity contribution is 0.483. The highest BCUT2D eigenvalue weighted by Crippen LogP contribution is 2.44. The van der Waals surface area contributed by atoms with Crippen LogP contribution in [-0.2, 0) is 35.8 Å². The molecule has 0 radical (unpaired) electrons. The molecule has 64 heavy (non-hydrogen) atoms. The third kappa shape index (κ3) is 9.73. The summed E-state index contributed by atoms with van der Waals surface area (Å²) in [6.07, 6.45) is 3.53. The van der Waals surface area contributed by atoms with Crippen molar-refractivity contribution in [1.82, 2.24) is 4.58 Å². The molecule has 1 aliphatic carbocycles. The first-order valence-corrected chi connectivity index (χ1v) is 25.7. The van der Waals surface area contributed by atoms with Gasteiger partial charge in [0.2, 0.25) is 11.0 Å². The molecule has 0 spiro atoms. The topological polar surface area (TPSA) is 73.8 Å². The van der Waals surface area contributed by atoms with Crippen LogP contribution in [0.2, 0.25) is 0 Å². The van der Waals surface area contributed by atoms with Crippen molar-refractivity contribution in [3.8, 4) is 22.5 Å². The molecule has 1 N–H and O–H groups in total. The van der Waals surface area contributed by atoms with Crippen molar-refractivity contribution in [2.45, 2.75) is 68.1 Å². The third-order valence-corrected chi connectivity index (χ3v) is 14.8. The van der Waals surface area contributed by atoms with E-state index in [-0.39, 0.29) is 4.90 Å². The van der Waals surface area contributed by atoms with Crippen LogP contribution in [0.25, 0.3) is 33.4 Å². The molecule has 0 unspecified atom stereocenters. The van der Waals surface area contributed by atoms with Gasteiger partial charge in [0, 0.05) is 78.8 Å². The molecule has 0 fully saturated rings. The molecule has 0 bridgehead atoms. The molecule has 326 valence electrons. The molecule has 9 heteroatoms. The normalized spacial score (nSPS) is 12.2. The summed E-state index contributed by atoms with van der Waals surface area (Å²) in [4.78, 5) is 4.72. The Balaban J connectivity index is 1.38. The summed E-state index contributed by atoms with van der Waals surface area (Å²) in [7, 11) is -4.58. The minimum Gasteiger partial charge on any atom is -0.456 e. The Labute approximate surface area is 386 Å². The summed E-state index contributed by atoms with van der Waals surface area (Å²) in [5.41, 5.74) is 11.0. The first kappa shape index (κ1) is 45.0. The number of aryl methyl sites for hydroxylation is 4. The lowest BCUT2D eigenvalue weighted by Crippen LogP contribution is -2.29. The molecule has 8 rings (SSSR count). The Kier molecular flexibility index (Phi) is 14.4. The minimum absolute atomic E-state index is 0.148. The van der Waals surface area contributed by atoms with Crippen LogP contribution in [0.3, 0.4) is 0 Å². The number of benzene rings is 7. The minimum atomic E-state index is -4.58. The number of hydrogen-bond donors (Lipinski definition) is 1. The number of thioether (sulfide) groups is 2. The van der Waals surface area contributed by atoms with Crippen LogP contribution in [0.5, 0.6) is 0 Å². The van der Waals surface area contributed by atoms with Gasteiger partial charge < -0.3 is 9.32 Å². The maximum absolute atomic E-state index is 13.1. The van der Waals surface area contributed by atoms with Crippen molar-refractivity contribution in [3.63, 3.8) is 0 Å². The number of rotatable bonds is 17. The summed E-state index contributed by atoms with van der Waals surface area (Å²) in [5.74, 6) is 2.32. The van der Waals surface area contributed by atoms with E-state index in [2.05, 4.69) is 146 Å². The summed E-state index contributed by atoms with van der Waals surface area (Å²) < 4.78 is 46.3. The number of anilines is 2. The monoisotopic (exact) mass is 903 g/mol. The zero-order valence-electron chi connectivity index (χ0n) is 37.0. The van der Waals surface area contributed by atoms with Gasteiger partial charge >= 0.3 is 0 Å². The van der Waals surface area contributed by atoms with Gasteiger partial charge in [0.15, 0.2) is 6.54 Å². The first-order valence-electron chi connectivity index (χ1n) is 22.2. The fourth-order valence-corrected chi connectivity index (χ4v) is 11.2. The average molecular weight is 904 g/mol. The highest BCUT2D eigenvalue weighted by molar-refractivity contribution is 7.99. The molecule has 1 aliphatic heterocycles. The lowest BCUT2D eigenvalue weighted by Gasteiger charge is -2.30. The maximum atomic E-state index is 13.1. The molecule has 0 atom stereocenters. The Morgan fingerprint density at radius 3 is 1.78 bits per heavy atom. The summed E-state index contributed by atoms with van der Waals surface area (Å²) in [5, 5.41) is 1.73. The summed E-state index contributed by atoms with van der Waals surface area (Å²) in [6, 6.07) is 53.5. The van der Waals surface area contributed by atoms with Crippen molar-refractivity contribution < 1.29 is 17.4 Å². The molecule has 2 aliphatic rings. The fourth-order valence-electron chi connectivity index (χ4n) is 8.80. The Hall–Kier alpha value is -5.58. The van der Waals surface area contributed by atoms with Crippen molar-refractivity contribution in [3.05, 3.63) is 185 Å². The first-order chi connectivity index (χ1) is 31.2. The fraction of sp³-hybridized carbons (Fsp3) is 0.218. The van der Waals surface area contributed by atoms with E-state index >= 15 is 0 Å². The van der Waals surface area contributed by atoms with Crippen LogP contribution in [0, 0.1) is 0 Å². The molecule has 0 aromatic heterocycles. The van der Waals surface area contributed by atoms with E-state index in [0.717, 1.165) is 72.3 Å². The molecule has 0 amide bonds. The van der Waals surface area contributed by atoms with Crippen LogP contribution >= 0.6 is 23.5 Å². The average Bonchev–Trinajstić information content (AvgIpc) is 3.33. The van der Waals surface area contributed by atoms with Gasteiger partial charge in [-0.05, 0) is 85.3 Å². The standard InChI is InChI=1S/C55H54N2O4S3/c1-5-39-19-17-20-40(6-2)54(39)56(33-35-62-45-23-11-9-12-24-45)43-29-31-47-50(37-43)61-51-38-44(30-32-48(51)53(47)49-27-15-16-28-52(49)64(58,59)60)57(34-36-63-46-25-13-10-14-26-46)55-41(7-3)21-18-22-42(55)8-4/h9-32,37-38H,5-8,33-36H2,1-4H3/p+1. The zero-order chi connectivity index (χ0) is 44.6. The highest BCUT2D eigenvalue weighted by Gasteiger charge is 2.27. The van der Waals surface area contributed by atoms with Crippen LogP contribution in [-0.4, -0.2) is 37.6 Å². The molecule has 6 aromatic carbocycles. The van der Waals surface area contributed by atoms with E-state index in [9.17, 15) is 13.0 Å². The van der Waals surface area contributed by atoms with Gasteiger partial charge in [-0.3, -0.25) is 4.55 Å². The van der Waals surface area contributed by atoms with Gasteiger partial charge in [-0.15, -0.1) is 23.5 Å². The Bertz CT molecular complexity index is 2990. The quantitative estimate of drug-likeness (QED) is 0.0422. The van der Waals surface area contributed by atoms with E-state index in [4.69, 9.17) is 4.42 Å². The molecule has 6 nitrogen and oxygen atoms in total. The number of fused-ring (bicyclic) bond motifs is 2. The van der Waals surface area contributed by atoms with Crippen LogP contribution < -0.4 is 14.8 Å². The SMILES string of the molecule is CCc1cccc(CC)c1N(CCSc1ccccc1)c1ccc2c(-c3ccccc3S(=O)(=O)O)c3ccc(=[N+](CCSc4ccccc4)c4c(CC)cccc4CC)cc-3oc2c1. The molecule has 1 heterocycles. The van der Waals surface area contributed by atoms with E-state index in [1.54, 1.807) is 12.1 Å². The van der Waals surface area contributed by atoms with Gasteiger partial charge in [0.1, 0.15) is 16.2 Å². The summed E-state index contributed by atoms with van der Waals surface area (Å²) in [6.45, 7) is 10.3. The second-order valence-electron chi connectivity index (χ2n) is 15.7.